The number of nitrogens with one attached hydrogen (secondary N) is 1. The lowest BCUT2D eigenvalue weighted by molar-refractivity contribution is 0.465. The molecule has 0 radical (unpaired) electrons. The summed E-state index contributed by atoms with van der Waals surface area (Å²) in [4.78, 5) is 4.16. The zero-order chi connectivity index (χ0) is 13.9. The van der Waals surface area contributed by atoms with Crippen LogP contribution >= 0.6 is 15.9 Å². The predicted molar refractivity (Wildman–Crippen MR) is 84.9 cm³/mol. The van der Waals surface area contributed by atoms with E-state index in [-0.39, 0.29) is 5.75 Å². The van der Waals surface area contributed by atoms with Gasteiger partial charge in [0, 0.05) is 35.6 Å². The molecule has 1 aromatic heterocycles. The molecule has 0 fully saturated rings. The number of phenols is 1. The number of aromatic nitrogens is 1. The number of phenolic OH excluding ortho intramolecular Hbond substituents is 1. The van der Waals surface area contributed by atoms with Gasteiger partial charge in [0.25, 0.3) is 0 Å². The summed E-state index contributed by atoms with van der Waals surface area (Å²) in [7, 11) is 0. The summed E-state index contributed by atoms with van der Waals surface area (Å²) < 4.78 is 0.705. The van der Waals surface area contributed by atoms with E-state index in [2.05, 4.69) is 32.3 Å². The van der Waals surface area contributed by atoms with Crippen molar-refractivity contribution in [1.82, 2.24) is 4.98 Å². The van der Waals surface area contributed by atoms with E-state index in [0.29, 0.717) is 11.0 Å². The molecule has 0 aliphatic carbocycles. The third-order valence-electron chi connectivity index (χ3n) is 3.22. The van der Waals surface area contributed by atoms with Gasteiger partial charge in [0.1, 0.15) is 5.75 Å². The number of rotatable bonds is 3. The summed E-state index contributed by atoms with van der Waals surface area (Å²) in [6.07, 6.45) is 3.63. The second-order valence-electron chi connectivity index (χ2n) is 4.50. The fourth-order valence-corrected chi connectivity index (χ4v) is 2.57. The molecule has 1 heterocycles. The second kappa shape index (κ2) is 5.51. The molecule has 3 aromatic rings. The van der Waals surface area contributed by atoms with Gasteiger partial charge in [0.2, 0.25) is 0 Å². The van der Waals surface area contributed by atoms with Gasteiger partial charge in [-0.05, 0) is 39.5 Å². The lowest BCUT2D eigenvalue weighted by atomic mass is 10.1. The van der Waals surface area contributed by atoms with Crippen LogP contribution in [0.5, 0.6) is 5.75 Å². The summed E-state index contributed by atoms with van der Waals surface area (Å²) in [5, 5.41) is 15.6. The first-order valence-electron chi connectivity index (χ1n) is 6.28. The molecule has 4 heteroatoms. The third-order valence-corrected chi connectivity index (χ3v) is 3.86. The highest BCUT2D eigenvalue weighted by Crippen LogP contribution is 2.29. The summed E-state index contributed by atoms with van der Waals surface area (Å²) in [6, 6.07) is 13.7. The fourth-order valence-electron chi connectivity index (χ4n) is 2.16. The number of pyridine rings is 1. The van der Waals surface area contributed by atoms with Gasteiger partial charge in [-0.25, -0.2) is 0 Å². The number of benzene rings is 2. The molecule has 0 spiro atoms. The van der Waals surface area contributed by atoms with Gasteiger partial charge >= 0.3 is 0 Å². The molecule has 0 atom stereocenters. The zero-order valence-electron chi connectivity index (χ0n) is 10.7. The number of fused-ring (bicyclic) bond motifs is 1. The van der Waals surface area contributed by atoms with Crippen molar-refractivity contribution < 1.29 is 5.11 Å². The number of aromatic hydroxyl groups is 1. The summed E-state index contributed by atoms with van der Waals surface area (Å²) in [5.41, 5.74) is 1.86. The molecule has 0 amide bonds. The van der Waals surface area contributed by atoms with Gasteiger partial charge in [-0.3, -0.25) is 4.98 Å². The predicted octanol–water partition coefficient (Wildman–Crippen LogP) is 4.32. The smallest absolute Gasteiger partial charge is 0.134 e. The van der Waals surface area contributed by atoms with Crippen LogP contribution in [0.15, 0.2) is 59.3 Å². The van der Waals surface area contributed by atoms with Crippen LogP contribution in [0.2, 0.25) is 0 Å². The van der Waals surface area contributed by atoms with Crippen LogP contribution in [-0.2, 0) is 6.54 Å². The second-order valence-corrected chi connectivity index (χ2v) is 5.36. The third kappa shape index (κ3) is 2.47. The topological polar surface area (TPSA) is 45.1 Å². The molecule has 0 bridgehead atoms. The fraction of sp³-hybridized carbons (Fsp3) is 0.0625. The largest absolute Gasteiger partial charge is 0.506 e. The lowest BCUT2D eigenvalue weighted by Crippen LogP contribution is -2.00. The summed E-state index contributed by atoms with van der Waals surface area (Å²) >= 11 is 3.32. The van der Waals surface area contributed by atoms with Crippen molar-refractivity contribution in [2.75, 3.05) is 5.32 Å². The van der Waals surface area contributed by atoms with E-state index in [1.807, 2.05) is 42.6 Å². The maximum absolute atomic E-state index is 9.99. The maximum Gasteiger partial charge on any atom is 0.134 e. The molecule has 0 aliphatic rings. The standard InChI is InChI=1S/C16H13BrN2O/c17-14-5-1-4-12(16(14)20)9-19-15-6-2-3-11-7-8-18-10-13(11)15/h1-8,10,19-20H,9H2. The Morgan fingerprint density at radius 2 is 1.95 bits per heavy atom. The first-order chi connectivity index (χ1) is 9.75. The minimum atomic E-state index is 0.276. The Morgan fingerprint density at radius 3 is 2.85 bits per heavy atom. The molecule has 0 aliphatic heterocycles. The Bertz CT molecular complexity index is 753. The quantitative estimate of drug-likeness (QED) is 0.752. The minimum absolute atomic E-state index is 0.276. The van der Waals surface area contributed by atoms with E-state index in [4.69, 9.17) is 0 Å². The maximum atomic E-state index is 9.99. The Balaban J connectivity index is 1.89. The van der Waals surface area contributed by atoms with Crippen LogP contribution in [0.1, 0.15) is 5.56 Å². The zero-order valence-corrected chi connectivity index (χ0v) is 12.3. The van der Waals surface area contributed by atoms with Gasteiger partial charge in [-0.15, -0.1) is 0 Å². The molecular formula is C16H13BrN2O. The first kappa shape index (κ1) is 12.9. The highest BCUT2D eigenvalue weighted by atomic mass is 79.9. The van der Waals surface area contributed by atoms with E-state index in [1.165, 1.54) is 0 Å². The van der Waals surface area contributed by atoms with E-state index < -0.39 is 0 Å². The van der Waals surface area contributed by atoms with E-state index >= 15 is 0 Å². The SMILES string of the molecule is Oc1c(Br)cccc1CNc1cccc2ccncc12. The van der Waals surface area contributed by atoms with Gasteiger partial charge in [0.05, 0.1) is 4.47 Å². The number of anilines is 1. The monoisotopic (exact) mass is 328 g/mol. The molecule has 100 valence electrons. The number of hydrogen-bond donors (Lipinski definition) is 2. The van der Waals surface area contributed by atoms with Crippen LogP contribution in [0.3, 0.4) is 0 Å². The van der Waals surface area contributed by atoms with Gasteiger partial charge in [-0.2, -0.15) is 0 Å². The van der Waals surface area contributed by atoms with Crippen molar-refractivity contribution >= 4 is 32.4 Å². The van der Waals surface area contributed by atoms with Crippen LogP contribution < -0.4 is 5.32 Å². The number of nitrogens with zero attached hydrogens (tertiary/aromatic N) is 1. The number of halogens is 1. The van der Waals surface area contributed by atoms with E-state index in [1.54, 1.807) is 6.20 Å². The Kier molecular flexibility index (Phi) is 3.56. The van der Waals surface area contributed by atoms with Crippen molar-refractivity contribution in [1.29, 1.82) is 0 Å². The average molecular weight is 329 g/mol. The molecule has 20 heavy (non-hydrogen) atoms. The molecule has 0 unspecified atom stereocenters. The highest BCUT2D eigenvalue weighted by Gasteiger charge is 2.05. The highest BCUT2D eigenvalue weighted by molar-refractivity contribution is 9.10. The summed E-state index contributed by atoms with van der Waals surface area (Å²) in [5.74, 6) is 0.276. The van der Waals surface area contributed by atoms with Crippen molar-refractivity contribution in [3.63, 3.8) is 0 Å². The van der Waals surface area contributed by atoms with E-state index in [9.17, 15) is 5.11 Å². The first-order valence-corrected chi connectivity index (χ1v) is 7.08. The van der Waals surface area contributed by atoms with Crippen LogP contribution in [0, 0.1) is 0 Å². The van der Waals surface area contributed by atoms with Crippen LogP contribution in [0.4, 0.5) is 5.69 Å². The molecule has 0 saturated heterocycles. The number of hydrogen-bond acceptors (Lipinski definition) is 3. The number of para-hydroxylation sites is 1. The molecule has 3 nitrogen and oxygen atoms in total. The molecular weight excluding hydrogens is 316 g/mol. The van der Waals surface area contributed by atoms with Gasteiger partial charge in [-0.1, -0.05) is 24.3 Å². The summed E-state index contributed by atoms with van der Waals surface area (Å²) in [6.45, 7) is 0.555. The van der Waals surface area contributed by atoms with Crippen LogP contribution in [-0.4, -0.2) is 10.1 Å². The molecule has 0 saturated carbocycles. The molecule has 3 rings (SSSR count). The Morgan fingerprint density at radius 1 is 1.10 bits per heavy atom. The van der Waals surface area contributed by atoms with Crippen molar-refractivity contribution in [3.8, 4) is 5.75 Å². The lowest BCUT2D eigenvalue weighted by Gasteiger charge is -2.11. The van der Waals surface area contributed by atoms with Crippen LogP contribution in [0.25, 0.3) is 10.8 Å². The molecule has 2 N–H and O–H groups in total. The molecule has 2 aromatic carbocycles. The van der Waals surface area contributed by atoms with Crippen molar-refractivity contribution in [3.05, 3.63) is 64.9 Å². The Hall–Kier alpha value is -2.07. The normalized spacial score (nSPS) is 10.7. The van der Waals surface area contributed by atoms with Gasteiger partial charge < -0.3 is 10.4 Å². The average Bonchev–Trinajstić information content (AvgIpc) is 2.49. The van der Waals surface area contributed by atoms with E-state index in [0.717, 1.165) is 22.0 Å². The van der Waals surface area contributed by atoms with Crippen molar-refractivity contribution in [2.45, 2.75) is 6.54 Å². The Labute approximate surface area is 125 Å². The minimum Gasteiger partial charge on any atom is -0.506 e. The van der Waals surface area contributed by atoms with Gasteiger partial charge in [0.15, 0.2) is 0 Å². The van der Waals surface area contributed by atoms with Crippen molar-refractivity contribution in [2.24, 2.45) is 0 Å².